The molecule has 0 aliphatic carbocycles. The molecule has 0 amide bonds. The van der Waals surface area contributed by atoms with E-state index >= 15 is 0 Å². The Hall–Kier alpha value is -0.186. The van der Waals surface area contributed by atoms with Gasteiger partial charge in [-0.2, -0.15) is 4.79 Å². The molecule has 0 fully saturated rings. The Balaban J connectivity index is 4.01. The fourth-order valence-corrected chi connectivity index (χ4v) is 6.79. The van der Waals surface area contributed by atoms with Gasteiger partial charge in [0, 0.05) is 6.42 Å². The van der Waals surface area contributed by atoms with Crippen molar-refractivity contribution in [1.82, 2.24) is 0 Å². The maximum atomic E-state index is 10.4. The number of carbonyl (C=O) groups excluding carboxylic acids is 1. The third kappa shape index (κ3) is 6.22. The minimum atomic E-state index is -0.976. The Labute approximate surface area is 72.0 Å². The van der Waals surface area contributed by atoms with Crippen molar-refractivity contribution in [3.05, 3.63) is 0 Å². The van der Waals surface area contributed by atoms with E-state index < -0.39 is 7.59 Å². The minimum Gasteiger partial charge on any atom is -0.234 e. The fourth-order valence-electron chi connectivity index (χ4n) is 0.999. The van der Waals surface area contributed by atoms with Crippen LogP contribution in [-0.4, -0.2) is 33.7 Å². The van der Waals surface area contributed by atoms with Crippen LogP contribution in [0.5, 0.6) is 0 Å². The molecule has 2 nitrogen and oxygen atoms in total. The summed E-state index contributed by atoms with van der Waals surface area (Å²) >= 11 is 0. The van der Waals surface area contributed by atoms with E-state index in [1.54, 1.807) is 0 Å². The largest absolute Gasteiger partial charge is 0.400 e. The Bertz CT molecular complexity index is 168. The number of hydrogen-bond donors (Lipinski definition) is 0. The van der Waals surface area contributed by atoms with E-state index in [1.165, 1.54) is 0 Å². The van der Waals surface area contributed by atoms with Gasteiger partial charge in [-0.05, 0) is 0 Å². The Kier molecular flexibility index (Phi) is 4.56. The molecular formula is C7H18NOSi2+. The predicted octanol–water partition coefficient (Wildman–Crippen LogP) is 0.663. The summed E-state index contributed by atoms with van der Waals surface area (Å²) in [7, 11) is -1.27. The van der Waals surface area contributed by atoms with Crippen molar-refractivity contribution >= 4 is 22.9 Å². The summed E-state index contributed by atoms with van der Waals surface area (Å²) in [6.45, 7) is 9.97. The van der Waals surface area contributed by atoms with Crippen molar-refractivity contribution in [2.45, 2.75) is 33.0 Å². The number of isocyanates is 1. The molecule has 0 bridgehead atoms. The van der Waals surface area contributed by atoms with Crippen LogP contribution in [0.15, 0.2) is 0 Å². The van der Waals surface area contributed by atoms with Gasteiger partial charge in [0.2, 0.25) is 0 Å². The molecule has 0 saturated heterocycles. The molecule has 0 spiro atoms. The number of hydrogen-bond acceptors (Lipinski definition) is 1. The van der Waals surface area contributed by atoms with Crippen LogP contribution < -0.4 is 0 Å². The second kappa shape index (κ2) is 4.64. The highest BCUT2D eigenvalue weighted by Crippen LogP contribution is 1.97. The van der Waals surface area contributed by atoms with Crippen LogP contribution in [0.2, 0.25) is 19.6 Å². The van der Waals surface area contributed by atoms with E-state index in [1.807, 2.05) is 10.3 Å². The standard InChI is InChI=1S/C7H18NOSi2/c1-5-6-8(7-9)10-11(2,3)4/h5-6,10H2,1-4H3/q+1. The smallest absolute Gasteiger partial charge is 0.234 e. The summed E-state index contributed by atoms with van der Waals surface area (Å²) in [5.74, 6) is 0. The van der Waals surface area contributed by atoms with Crippen LogP contribution in [-0.2, 0) is 4.79 Å². The van der Waals surface area contributed by atoms with Crippen LogP contribution in [0.4, 0.5) is 0 Å². The third-order valence-electron chi connectivity index (χ3n) is 1.29. The van der Waals surface area contributed by atoms with E-state index in [0.29, 0.717) is 0 Å². The topological polar surface area (TPSA) is 20.1 Å². The molecule has 64 valence electrons. The Morgan fingerprint density at radius 1 is 1.45 bits per heavy atom. The van der Waals surface area contributed by atoms with Crippen LogP contribution in [0.25, 0.3) is 0 Å². The first-order valence-electron chi connectivity index (χ1n) is 4.12. The van der Waals surface area contributed by atoms with Crippen molar-refractivity contribution < 1.29 is 9.04 Å². The Morgan fingerprint density at radius 3 is 2.27 bits per heavy atom. The van der Waals surface area contributed by atoms with Crippen LogP contribution in [0.1, 0.15) is 13.3 Å². The summed E-state index contributed by atoms with van der Waals surface area (Å²) in [6, 6.07) is 0. The van der Waals surface area contributed by atoms with E-state index in [9.17, 15) is 4.79 Å². The highest BCUT2D eigenvalue weighted by molar-refractivity contribution is 7.20. The lowest BCUT2D eigenvalue weighted by molar-refractivity contribution is -0.375. The molecule has 0 atom stereocenters. The van der Waals surface area contributed by atoms with Crippen molar-refractivity contribution in [2.24, 2.45) is 0 Å². The number of rotatable bonds is 4. The average molecular weight is 188 g/mol. The van der Waals surface area contributed by atoms with Crippen molar-refractivity contribution in [3.8, 4) is 0 Å². The highest BCUT2D eigenvalue weighted by atomic mass is 29.2. The molecule has 0 aliphatic rings. The molecule has 0 heterocycles. The SMILES string of the molecule is CCC[N+](=C=O)[SiH2][Si](C)(C)C. The van der Waals surface area contributed by atoms with Gasteiger partial charge in [-0.15, -0.1) is 0 Å². The quantitative estimate of drug-likeness (QED) is 0.361. The molecule has 0 saturated carbocycles. The predicted molar refractivity (Wildman–Crippen MR) is 53.0 cm³/mol. The van der Waals surface area contributed by atoms with Crippen molar-refractivity contribution in [3.63, 3.8) is 0 Å². The van der Waals surface area contributed by atoms with Gasteiger partial charge < -0.3 is 0 Å². The van der Waals surface area contributed by atoms with Crippen molar-refractivity contribution in [2.75, 3.05) is 6.54 Å². The first-order valence-corrected chi connectivity index (χ1v) is 10.6. The van der Waals surface area contributed by atoms with E-state index in [2.05, 4.69) is 26.6 Å². The third-order valence-corrected chi connectivity index (χ3v) is 7.05. The van der Waals surface area contributed by atoms with Gasteiger partial charge in [0.15, 0.2) is 0 Å². The summed E-state index contributed by atoms with van der Waals surface area (Å²) in [4.78, 5) is 10.4. The summed E-state index contributed by atoms with van der Waals surface area (Å²) < 4.78 is 1.91. The van der Waals surface area contributed by atoms with Gasteiger partial charge in [0.1, 0.15) is 14.1 Å². The second-order valence-electron chi connectivity index (χ2n) is 4.07. The molecule has 0 aromatic carbocycles. The molecule has 0 aliphatic heterocycles. The van der Waals surface area contributed by atoms with E-state index in [0.717, 1.165) is 13.0 Å². The van der Waals surface area contributed by atoms with Gasteiger partial charge in [-0.3, -0.25) is 0 Å². The maximum absolute atomic E-state index is 10.4. The molecule has 0 radical (unpaired) electrons. The van der Waals surface area contributed by atoms with Crippen LogP contribution in [0.3, 0.4) is 0 Å². The van der Waals surface area contributed by atoms with Crippen LogP contribution in [0, 0.1) is 0 Å². The zero-order valence-electron chi connectivity index (χ0n) is 7.98. The summed E-state index contributed by atoms with van der Waals surface area (Å²) in [5, 5.41) is 0. The molecule has 0 N–H and O–H groups in total. The second-order valence-corrected chi connectivity index (χ2v) is 17.6. The zero-order chi connectivity index (χ0) is 8.91. The first kappa shape index (κ1) is 10.8. The van der Waals surface area contributed by atoms with E-state index in [4.69, 9.17) is 0 Å². The number of nitrogens with zero attached hydrogens (tertiary/aromatic N) is 1. The van der Waals surface area contributed by atoms with Gasteiger partial charge in [0.25, 0.3) is 0 Å². The molecule has 0 rings (SSSR count). The molecule has 0 aromatic heterocycles. The molecule has 4 heteroatoms. The van der Waals surface area contributed by atoms with E-state index in [-0.39, 0.29) is 9.20 Å². The molecule has 0 unspecified atom stereocenters. The monoisotopic (exact) mass is 188 g/mol. The molecular weight excluding hydrogens is 170 g/mol. The molecule has 11 heavy (non-hydrogen) atoms. The van der Waals surface area contributed by atoms with Gasteiger partial charge in [-0.1, -0.05) is 26.6 Å². The summed E-state index contributed by atoms with van der Waals surface area (Å²) in [5.41, 5.74) is 0. The zero-order valence-corrected chi connectivity index (χ0v) is 10.4. The van der Waals surface area contributed by atoms with Crippen LogP contribution >= 0.6 is 0 Å². The Morgan fingerprint density at radius 2 is 2.00 bits per heavy atom. The fraction of sp³-hybridized carbons (Fsp3) is 0.857. The summed E-state index contributed by atoms with van der Waals surface area (Å²) in [6.07, 6.45) is 3.10. The average Bonchev–Trinajstić information content (AvgIpc) is 1.84. The normalized spacial score (nSPS) is 12.0. The first-order chi connectivity index (χ1) is 4.99. The maximum Gasteiger partial charge on any atom is 0.400 e. The van der Waals surface area contributed by atoms with Crippen molar-refractivity contribution in [1.29, 1.82) is 0 Å². The van der Waals surface area contributed by atoms with Gasteiger partial charge in [-0.25, -0.2) is 4.24 Å². The lowest BCUT2D eigenvalue weighted by Gasteiger charge is -2.08. The minimum absolute atomic E-state index is 0.299. The molecule has 0 aromatic rings. The highest BCUT2D eigenvalue weighted by Gasteiger charge is 2.23. The lowest BCUT2D eigenvalue weighted by Crippen LogP contribution is -2.39. The van der Waals surface area contributed by atoms with Gasteiger partial charge in [0.05, 0.1) is 0 Å². The van der Waals surface area contributed by atoms with Gasteiger partial charge >= 0.3 is 15.3 Å². The lowest BCUT2D eigenvalue weighted by atomic mass is 10.5.